The molecule has 0 heterocycles. The molecule has 0 unspecified atom stereocenters. The molecule has 0 amide bonds. The van der Waals surface area contributed by atoms with Gasteiger partial charge in [-0.15, -0.1) is 0 Å². The van der Waals surface area contributed by atoms with Crippen molar-refractivity contribution < 1.29 is 12.6 Å². The maximum Gasteiger partial charge on any atom is 0.339 e. The fourth-order valence-corrected chi connectivity index (χ4v) is 3.46. The molecule has 0 aliphatic heterocycles. The lowest BCUT2D eigenvalue weighted by Gasteiger charge is -2.11. The minimum Gasteiger partial charge on any atom is -0.378 e. The van der Waals surface area contributed by atoms with E-state index in [9.17, 15) is 8.42 Å². The molecule has 0 saturated carbocycles. The summed E-state index contributed by atoms with van der Waals surface area (Å²) < 4.78 is 31.3. The molecule has 2 aromatic rings. The first-order chi connectivity index (χ1) is 9.94. The SMILES string of the molecule is Cc1ccc(S(=O)(=O)O/C(=C/I)c2ccccc2Cl)cc1. The molecule has 21 heavy (non-hydrogen) atoms. The van der Waals surface area contributed by atoms with Crippen molar-refractivity contribution >= 4 is 50.1 Å². The molecule has 0 aliphatic carbocycles. The minimum absolute atomic E-state index is 0.107. The van der Waals surface area contributed by atoms with Gasteiger partial charge in [0.2, 0.25) is 0 Å². The Kier molecular flexibility index (Phi) is 5.29. The molecule has 3 nitrogen and oxygen atoms in total. The maximum atomic E-state index is 12.3. The first-order valence-corrected chi connectivity index (χ1v) is 9.03. The molecular formula is C15H12ClIO3S. The van der Waals surface area contributed by atoms with E-state index >= 15 is 0 Å². The summed E-state index contributed by atoms with van der Waals surface area (Å²) in [7, 11) is -3.88. The first-order valence-electron chi connectivity index (χ1n) is 6.00. The van der Waals surface area contributed by atoms with Crippen molar-refractivity contribution in [1.29, 1.82) is 0 Å². The second-order valence-electron chi connectivity index (χ2n) is 4.30. The van der Waals surface area contributed by atoms with E-state index in [1.165, 1.54) is 12.1 Å². The van der Waals surface area contributed by atoms with Crippen molar-refractivity contribution in [3.8, 4) is 0 Å². The molecule has 0 N–H and O–H groups in total. The number of halogens is 2. The van der Waals surface area contributed by atoms with Crippen LogP contribution in [0, 0.1) is 6.92 Å². The standard InChI is InChI=1S/C15H12ClIO3S/c1-11-6-8-12(9-7-11)21(18,19)20-15(10-17)13-4-2-3-5-14(13)16/h2-10H,1H3/b15-10+. The van der Waals surface area contributed by atoms with E-state index in [0.717, 1.165) is 5.56 Å². The monoisotopic (exact) mass is 434 g/mol. The molecule has 6 heteroatoms. The van der Waals surface area contributed by atoms with Gasteiger partial charge in [-0.3, -0.25) is 0 Å². The van der Waals surface area contributed by atoms with Crippen LogP contribution in [-0.4, -0.2) is 8.42 Å². The van der Waals surface area contributed by atoms with Crippen LogP contribution in [0.15, 0.2) is 57.5 Å². The minimum atomic E-state index is -3.88. The van der Waals surface area contributed by atoms with Crippen molar-refractivity contribution in [1.82, 2.24) is 0 Å². The molecule has 0 radical (unpaired) electrons. The van der Waals surface area contributed by atoms with Crippen LogP contribution in [-0.2, 0) is 14.3 Å². The van der Waals surface area contributed by atoms with Gasteiger partial charge in [0.05, 0.1) is 5.02 Å². The van der Waals surface area contributed by atoms with E-state index in [1.54, 1.807) is 40.5 Å². The number of rotatable bonds is 4. The lowest BCUT2D eigenvalue weighted by molar-refractivity contribution is 0.464. The Hall–Kier alpha value is -1.05. The Morgan fingerprint density at radius 3 is 2.33 bits per heavy atom. The third-order valence-corrected chi connectivity index (χ3v) is 4.89. The highest BCUT2D eigenvalue weighted by molar-refractivity contribution is 14.1. The molecule has 0 aromatic heterocycles. The van der Waals surface area contributed by atoms with Gasteiger partial charge in [0.15, 0.2) is 5.76 Å². The maximum absolute atomic E-state index is 12.3. The van der Waals surface area contributed by atoms with E-state index in [1.807, 2.05) is 29.5 Å². The summed E-state index contributed by atoms with van der Waals surface area (Å²) in [6, 6.07) is 13.4. The first kappa shape index (κ1) is 16.3. The summed E-state index contributed by atoms with van der Waals surface area (Å²) in [6.45, 7) is 1.89. The zero-order chi connectivity index (χ0) is 15.5. The zero-order valence-electron chi connectivity index (χ0n) is 11.1. The van der Waals surface area contributed by atoms with Gasteiger partial charge in [0.25, 0.3) is 0 Å². The van der Waals surface area contributed by atoms with Gasteiger partial charge in [0.1, 0.15) is 4.90 Å². The van der Waals surface area contributed by atoms with Gasteiger partial charge in [-0.2, -0.15) is 8.42 Å². The van der Waals surface area contributed by atoms with E-state index in [2.05, 4.69) is 0 Å². The van der Waals surface area contributed by atoms with Crippen molar-refractivity contribution in [3.05, 3.63) is 68.8 Å². The summed E-state index contributed by atoms with van der Waals surface area (Å²) >= 11 is 8.00. The lowest BCUT2D eigenvalue weighted by atomic mass is 10.2. The molecule has 0 atom stereocenters. The van der Waals surface area contributed by atoms with Crippen molar-refractivity contribution in [2.75, 3.05) is 0 Å². The number of benzene rings is 2. The van der Waals surface area contributed by atoms with Crippen LogP contribution in [0.1, 0.15) is 11.1 Å². The Morgan fingerprint density at radius 1 is 1.14 bits per heavy atom. The van der Waals surface area contributed by atoms with E-state index in [0.29, 0.717) is 10.6 Å². The highest BCUT2D eigenvalue weighted by Crippen LogP contribution is 2.29. The van der Waals surface area contributed by atoms with Gasteiger partial charge >= 0.3 is 10.1 Å². The molecular weight excluding hydrogens is 423 g/mol. The van der Waals surface area contributed by atoms with Crippen LogP contribution < -0.4 is 0 Å². The smallest absolute Gasteiger partial charge is 0.339 e. The molecule has 0 aliphatic rings. The zero-order valence-corrected chi connectivity index (χ0v) is 14.8. The van der Waals surface area contributed by atoms with Crippen LogP contribution in [0.2, 0.25) is 5.02 Å². The highest BCUT2D eigenvalue weighted by Gasteiger charge is 2.19. The molecule has 110 valence electrons. The van der Waals surface area contributed by atoms with Crippen molar-refractivity contribution in [3.63, 3.8) is 0 Å². The van der Waals surface area contributed by atoms with Crippen LogP contribution >= 0.6 is 34.2 Å². The highest BCUT2D eigenvalue weighted by atomic mass is 127. The van der Waals surface area contributed by atoms with Gasteiger partial charge in [-0.05, 0) is 53.8 Å². The fraction of sp³-hybridized carbons (Fsp3) is 0.0667. The van der Waals surface area contributed by atoms with Gasteiger partial charge in [-0.25, -0.2) is 0 Å². The molecule has 0 spiro atoms. The lowest BCUT2D eigenvalue weighted by Crippen LogP contribution is -2.06. The third-order valence-electron chi connectivity index (χ3n) is 2.75. The van der Waals surface area contributed by atoms with Crippen LogP contribution in [0.3, 0.4) is 0 Å². The number of hydrogen-bond acceptors (Lipinski definition) is 3. The van der Waals surface area contributed by atoms with Crippen molar-refractivity contribution in [2.45, 2.75) is 11.8 Å². The summed E-state index contributed by atoms with van der Waals surface area (Å²) in [5, 5.41) is 0.430. The predicted octanol–water partition coefficient (Wildman–Crippen LogP) is 4.79. The Labute approximate surface area is 142 Å². The molecule has 2 rings (SSSR count). The average Bonchev–Trinajstić information content (AvgIpc) is 2.46. The second kappa shape index (κ2) is 6.81. The topological polar surface area (TPSA) is 43.4 Å². The fourth-order valence-electron chi connectivity index (χ4n) is 1.65. The van der Waals surface area contributed by atoms with Crippen molar-refractivity contribution in [2.24, 2.45) is 0 Å². The van der Waals surface area contributed by atoms with Crippen LogP contribution in [0.25, 0.3) is 5.76 Å². The van der Waals surface area contributed by atoms with Gasteiger partial charge in [-0.1, -0.05) is 41.4 Å². The quantitative estimate of drug-likeness (QED) is 0.395. The van der Waals surface area contributed by atoms with E-state index in [4.69, 9.17) is 15.8 Å². The van der Waals surface area contributed by atoms with Gasteiger partial charge in [0, 0.05) is 9.65 Å². The second-order valence-corrected chi connectivity index (χ2v) is 6.88. The van der Waals surface area contributed by atoms with E-state index < -0.39 is 10.1 Å². The normalized spacial score (nSPS) is 12.2. The molecule has 2 aromatic carbocycles. The number of hydrogen-bond donors (Lipinski definition) is 0. The summed E-state index contributed by atoms with van der Waals surface area (Å²) in [5.74, 6) is 0.196. The van der Waals surface area contributed by atoms with Crippen LogP contribution in [0.5, 0.6) is 0 Å². The molecule has 0 fully saturated rings. The van der Waals surface area contributed by atoms with Crippen LogP contribution in [0.4, 0.5) is 0 Å². The molecule has 0 bridgehead atoms. The summed E-state index contributed by atoms with van der Waals surface area (Å²) in [5.41, 5.74) is 1.51. The summed E-state index contributed by atoms with van der Waals surface area (Å²) in [4.78, 5) is 0.107. The Balaban J connectivity index is 2.35. The Bertz CT molecular complexity index is 768. The van der Waals surface area contributed by atoms with E-state index in [-0.39, 0.29) is 10.7 Å². The summed E-state index contributed by atoms with van der Waals surface area (Å²) in [6.07, 6.45) is 0. The largest absolute Gasteiger partial charge is 0.378 e. The number of aryl methyl sites for hydroxylation is 1. The van der Waals surface area contributed by atoms with Gasteiger partial charge < -0.3 is 4.18 Å². The average molecular weight is 435 g/mol. The third kappa shape index (κ3) is 3.99. The molecule has 0 saturated heterocycles. The Morgan fingerprint density at radius 2 is 1.76 bits per heavy atom. The predicted molar refractivity (Wildman–Crippen MR) is 92.9 cm³/mol.